The first kappa shape index (κ1) is 22.3. The topological polar surface area (TPSA) is 121 Å². The number of nitro groups is 1. The van der Waals surface area contributed by atoms with Gasteiger partial charge >= 0.3 is 6.18 Å². The molecular weight excluding hydrogens is 439 g/mol. The van der Waals surface area contributed by atoms with Gasteiger partial charge in [0, 0.05) is 31.4 Å². The van der Waals surface area contributed by atoms with Crippen LogP contribution in [-0.4, -0.2) is 41.1 Å². The Bertz CT molecular complexity index is 1130. The summed E-state index contributed by atoms with van der Waals surface area (Å²) in [5, 5.41) is 25.5. The molecule has 3 rings (SSSR count). The molecule has 0 aliphatic heterocycles. The van der Waals surface area contributed by atoms with E-state index in [2.05, 4.69) is 20.6 Å². The fourth-order valence-electron chi connectivity index (χ4n) is 2.74. The van der Waals surface area contributed by atoms with E-state index in [9.17, 15) is 28.1 Å². The molecule has 164 valence electrons. The van der Waals surface area contributed by atoms with E-state index in [1.54, 1.807) is 11.5 Å². The number of carbonyl (C=O) groups is 1. The van der Waals surface area contributed by atoms with E-state index in [-0.39, 0.29) is 28.6 Å². The first-order chi connectivity index (χ1) is 14.6. The number of non-ortho nitro benzene ring substituents is 1. The summed E-state index contributed by atoms with van der Waals surface area (Å²) in [4.78, 5) is 22.4. The molecule has 2 heterocycles. The van der Waals surface area contributed by atoms with Crippen molar-refractivity contribution in [2.24, 2.45) is 7.05 Å². The van der Waals surface area contributed by atoms with Gasteiger partial charge in [-0.1, -0.05) is 17.8 Å². The van der Waals surface area contributed by atoms with Gasteiger partial charge in [0.05, 0.1) is 10.7 Å². The fraction of sp³-hybridized carbons (Fsp3) is 0.294. The number of aromatic nitrogens is 5. The third-order valence-electron chi connectivity index (χ3n) is 4.11. The molecule has 1 aromatic carbocycles. The van der Waals surface area contributed by atoms with Crippen molar-refractivity contribution in [2.75, 3.05) is 11.1 Å². The normalized spacial score (nSPS) is 11.5. The average molecular weight is 455 g/mol. The third-order valence-corrected chi connectivity index (χ3v) is 5.07. The maximum Gasteiger partial charge on any atom is 0.433 e. The van der Waals surface area contributed by atoms with Crippen molar-refractivity contribution in [3.63, 3.8) is 0 Å². The van der Waals surface area contributed by atoms with Crippen LogP contribution in [-0.2, 0) is 24.6 Å². The van der Waals surface area contributed by atoms with Gasteiger partial charge in [-0.15, -0.1) is 10.2 Å². The number of hydrogen-bond acceptors (Lipinski definition) is 7. The lowest BCUT2D eigenvalue weighted by molar-refractivity contribution is -0.384. The van der Waals surface area contributed by atoms with Crippen molar-refractivity contribution in [1.29, 1.82) is 0 Å². The maximum absolute atomic E-state index is 13.0. The number of amides is 1. The zero-order chi connectivity index (χ0) is 22.8. The van der Waals surface area contributed by atoms with Crippen LogP contribution in [0, 0.1) is 10.1 Å². The van der Waals surface area contributed by atoms with Gasteiger partial charge in [0.25, 0.3) is 5.69 Å². The summed E-state index contributed by atoms with van der Waals surface area (Å²) in [5.41, 5.74) is -0.796. The molecule has 14 heteroatoms. The maximum atomic E-state index is 13.0. The SMILES string of the molecule is CCn1c(SCC(=O)Nc2cccc([N+](=O)[O-])c2)nnc1-c1cc(C(F)(F)F)n(C)n1. The molecule has 0 aliphatic carbocycles. The molecule has 10 nitrogen and oxygen atoms in total. The molecular formula is C17H16F3N7O3S. The Hall–Kier alpha value is -3.42. The molecule has 0 saturated heterocycles. The van der Waals surface area contributed by atoms with Crippen molar-refractivity contribution in [1.82, 2.24) is 24.5 Å². The van der Waals surface area contributed by atoms with E-state index in [1.807, 2.05) is 0 Å². The first-order valence-electron chi connectivity index (χ1n) is 8.82. The summed E-state index contributed by atoms with van der Waals surface area (Å²) < 4.78 is 41.4. The fourth-order valence-corrected chi connectivity index (χ4v) is 3.54. The van der Waals surface area contributed by atoms with E-state index < -0.39 is 22.7 Å². The Morgan fingerprint density at radius 3 is 2.65 bits per heavy atom. The Kier molecular flexibility index (Phi) is 6.29. The number of aryl methyl sites for hydroxylation is 1. The van der Waals surface area contributed by atoms with Crippen molar-refractivity contribution in [2.45, 2.75) is 24.8 Å². The molecule has 0 radical (unpaired) electrons. The van der Waals surface area contributed by atoms with Gasteiger partial charge in [0.1, 0.15) is 11.4 Å². The van der Waals surface area contributed by atoms with Gasteiger partial charge < -0.3 is 9.88 Å². The molecule has 1 N–H and O–H groups in total. The Balaban J connectivity index is 1.72. The quantitative estimate of drug-likeness (QED) is 0.329. The molecule has 0 bridgehead atoms. The highest BCUT2D eigenvalue weighted by Crippen LogP contribution is 2.32. The van der Waals surface area contributed by atoms with E-state index >= 15 is 0 Å². The Morgan fingerprint density at radius 1 is 1.29 bits per heavy atom. The van der Waals surface area contributed by atoms with Crippen LogP contribution in [0.2, 0.25) is 0 Å². The summed E-state index contributed by atoms with van der Waals surface area (Å²) in [6.07, 6.45) is -4.56. The van der Waals surface area contributed by atoms with Gasteiger partial charge in [-0.2, -0.15) is 18.3 Å². The van der Waals surface area contributed by atoms with Crippen LogP contribution in [0.3, 0.4) is 0 Å². The zero-order valence-corrected chi connectivity index (χ0v) is 17.1. The zero-order valence-electron chi connectivity index (χ0n) is 16.3. The highest BCUT2D eigenvalue weighted by molar-refractivity contribution is 7.99. The monoisotopic (exact) mass is 455 g/mol. The van der Waals surface area contributed by atoms with Crippen molar-refractivity contribution >= 4 is 29.0 Å². The highest BCUT2D eigenvalue weighted by Gasteiger charge is 2.35. The lowest BCUT2D eigenvalue weighted by Gasteiger charge is -2.07. The second kappa shape index (κ2) is 8.75. The Morgan fingerprint density at radius 2 is 2.03 bits per heavy atom. The van der Waals surface area contributed by atoms with Crippen LogP contribution in [0.1, 0.15) is 12.6 Å². The van der Waals surface area contributed by atoms with E-state index in [0.29, 0.717) is 11.7 Å². The summed E-state index contributed by atoms with van der Waals surface area (Å²) in [5.74, 6) is -0.373. The molecule has 0 unspecified atom stereocenters. The number of halogens is 3. The lowest BCUT2D eigenvalue weighted by Crippen LogP contribution is -2.14. The predicted molar refractivity (Wildman–Crippen MR) is 105 cm³/mol. The van der Waals surface area contributed by atoms with Gasteiger partial charge in [-0.05, 0) is 19.1 Å². The number of thioether (sulfide) groups is 1. The number of anilines is 1. The number of benzene rings is 1. The number of carbonyl (C=O) groups excluding carboxylic acids is 1. The van der Waals surface area contributed by atoms with Gasteiger partial charge in [0.15, 0.2) is 11.0 Å². The molecule has 0 spiro atoms. The molecule has 0 fully saturated rings. The van der Waals surface area contributed by atoms with Crippen molar-refractivity contribution in [3.05, 3.63) is 46.1 Å². The predicted octanol–water partition coefficient (Wildman–Crippen LogP) is 3.36. The standard InChI is InChI=1S/C17H16F3N7O3S/c1-3-26-15(12-8-13(17(18,19)20)25(2)24-12)22-23-16(26)31-9-14(28)21-10-5-4-6-11(7-10)27(29)30/h4-8H,3,9H2,1-2H3,(H,21,28). The second-order valence-electron chi connectivity index (χ2n) is 6.23. The minimum Gasteiger partial charge on any atom is -0.325 e. The van der Waals surface area contributed by atoms with Crippen LogP contribution in [0.4, 0.5) is 24.5 Å². The van der Waals surface area contributed by atoms with Crippen LogP contribution >= 0.6 is 11.8 Å². The van der Waals surface area contributed by atoms with E-state index in [1.165, 1.54) is 31.3 Å². The summed E-state index contributed by atoms with van der Waals surface area (Å²) >= 11 is 1.03. The lowest BCUT2D eigenvalue weighted by atomic mass is 10.3. The van der Waals surface area contributed by atoms with E-state index in [4.69, 9.17) is 0 Å². The van der Waals surface area contributed by atoms with Gasteiger partial charge in [-0.25, -0.2) is 0 Å². The molecule has 31 heavy (non-hydrogen) atoms. The third kappa shape index (κ3) is 5.02. The number of nitrogens with zero attached hydrogens (tertiary/aromatic N) is 6. The summed E-state index contributed by atoms with van der Waals surface area (Å²) in [6, 6.07) is 6.39. The van der Waals surface area contributed by atoms with Gasteiger partial charge in [-0.3, -0.25) is 19.6 Å². The summed E-state index contributed by atoms with van der Waals surface area (Å²) in [6.45, 7) is 2.10. The number of nitrogens with one attached hydrogen (secondary N) is 1. The van der Waals surface area contributed by atoms with E-state index in [0.717, 1.165) is 22.5 Å². The molecule has 0 aliphatic rings. The summed E-state index contributed by atoms with van der Waals surface area (Å²) in [7, 11) is 1.19. The first-order valence-corrected chi connectivity index (χ1v) is 9.80. The average Bonchev–Trinajstić information content (AvgIpc) is 3.29. The number of alkyl halides is 3. The molecule has 0 atom stereocenters. The van der Waals surface area contributed by atoms with Crippen LogP contribution in [0.15, 0.2) is 35.5 Å². The minimum atomic E-state index is -4.56. The molecule has 1 amide bonds. The molecule has 3 aromatic rings. The van der Waals surface area contributed by atoms with Crippen LogP contribution < -0.4 is 5.32 Å². The minimum absolute atomic E-state index is 0.0112. The number of nitro benzene ring substituents is 1. The highest BCUT2D eigenvalue weighted by atomic mass is 32.2. The van der Waals surface area contributed by atoms with Crippen LogP contribution in [0.25, 0.3) is 11.5 Å². The van der Waals surface area contributed by atoms with Crippen molar-refractivity contribution < 1.29 is 22.9 Å². The second-order valence-corrected chi connectivity index (χ2v) is 7.17. The van der Waals surface area contributed by atoms with Crippen molar-refractivity contribution in [3.8, 4) is 11.5 Å². The molecule has 0 saturated carbocycles. The van der Waals surface area contributed by atoms with Gasteiger partial charge in [0.2, 0.25) is 5.91 Å². The number of rotatable bonds is 7. The number of hydrogen-bond donors (Lipinski definition) is 1. The largest absolute Gasteiger partial charge is 0.433 e. The Labute approximate surface area is 177 Å². The molecule has 2 aromatic heterocycles. The van der Waals surface area contributed by atoms with Crippen LogP contribution in [0.5, 0.6) is 0 Å². The smallest absolute Gasteiger partial charge is 0.325 e.